The zero-order chi connectivity index (χ0) is 13.7. The van der Waals surface area contributed by atoms with Crippen LogP contribution < -0.4 is 5.32 Å². The Morgan fingerprint density at radius 1 is 1.11 bits per heavy atom. The fourth-order valence-electron chi connectivity index (χ4n) is 2.01. The van der Waals surface area contributed by atoms with Crippen LogP contribution in [0.2, 0.25) is 0 Å². The summed E-state index contributed by atoms with van der Waals surface area (Å²) in [6.45, 7) is 10.2. The van der Waals surface area contributed by atoms with Crippen molar-refractivity contribution in [2.45, 2.75) is 53.1 Å². The highest BCUT2D eigenvalue weighted by atomic mass is 16.1. The van der Waals surface area contributed by atoms with E-state index in [4.69, 9.17) is 0 Å². The minimum atomic E-state index is -0.0762. The SMILES string of the molecule is Cc1ccc(C[C@@H](NC(C)C)C(=O)C(C)C)cc1. The van der Waals surface area contributed by atoms with Crippen LogP contribution in [0.5, 0.6) is 0 Å². The summed E-state index contributed by atoms with van der Waals surface area (Å²) in [4.78, 5) is 12.2. The monoisotopic (exact) mass is 247 g/mol. The number of Topliss-reactive ketones (excluding diaryl/α,β-unsaturated/α-hetero) is 1. The van der Waals surface area contributed by atoms with E-state index in [1.807, 2.05) is 13.8 Å². The molecule has 2 heteroatoms. The van der Waals surface area contributed by atoms with E-state index < -0.39 is 0 Å². The van der Waals surface area contributed by atoms with Crippen molar-refractivity contribution in [3.8, 4) is 0 Å². The fourth-order valence-corrected chi connectivity index (χ4v) is 2.01. The molecular weight excluding hydrogens is 222 g/mol. The molecule has 1 atom stereocenters. The maximum Gasteiger partial charge on any atom is 0.152 e. The molecule has 18 heavy (non-hydrogen) atoms. The van der Waals surface area contributed by atoms with Gasteiger partial charge in [0.15, 0.2) is 5.78 Å². The molecular formula is C16H25NO. The van der Waals surface area contributed by atoms with Gasteiger partial charge in [-0.2, -0.15) is 0 Å². The maximum absolute atomic E-state index is 12.2. The van der Waals surface area contributed by atoms with Crippen molar-refractivity contribution in [1.29, 1.82) is 0 Å². The lowest BCUT2D eigenvalue weighted by atomic mass is 9.95. The first-order valence-corrected chi connectivity index (χ1v) is 6.75. The third-order valence-electron chi connectivity index (χ3n) is 3.01. The summed E-state index contributed by atoms with van der Waals surface area (Å²) in [5, 5.41) is 3.37. The van der Waals surface area contributed by atoms with Crippen molar-refractivity contribution in [3.63, 3.8) is 0 Å². The summed E-state index contributed by atoms with van der Waals surface area (Å²) in [7, 11) is 0. The molecule has 0 fully saturated rings. The molecule has 0 amide bonds. The zero-order valence-electron chi connectivity index (χ0n) is 12.2. The summed E-state index contributed by atoms with van der Waals surface area (Å²) in [5.41, 5.74) is 2.47. The average molecular weight is 247 g/mol. The molecule has 0 aliphatic carbocycles. The van der Waals surface area contributed by atoms with E-state index >= 15 is 0 Å². The predicted molar refractivity (Wildman–Crippen MR) is 76.8 cm³/mol. The molecule has 1 aromatic carbocycles. The Hall–Kier alpha value is -1.15. The van der Waals surface area contributed by atoms with E-state index in [9.17, 15) is 4.79 Å². The Balaban J connectivity index is 2.77. The van der Waals surface area contributed by atoms with Gasteiger partial charge in [-0.15, -0.1) is 0 Å². The fraction of sp³-hybridized carbons (Fsp3) is 0.562. The number of hydrogen-bond donors (Lipinski definition) is 1. The van der Waals surface area contributed by atoms with E-state index in [0.717, 1.165) is 6.42 Å². The minimum Gasteiger partial charge on any atom is -0.305 e. The number of benzene rings is 1. The first-order valence-electron chi connectivity index (χ1n) is 6.75. The van der Waals surface area contributed by atoms with E-state index in [0.29, 0.717) is 11.8 Å². The van der Waals surface area contributed by atoms with Crippen LogP contribution in [0, 0.1) is 12.8 Å². The number of rotatable bonds is 6. The lowest BCUT2D eigenvalue weighted by molar-refractivity contribution is -0.124. The van der Waals surface area contributed by atoms with Gasteiger partial charge in [0.25, 0.3) is 0 Å². The summed E-state index contributed by atoms with van der Waals surface area (Å²) in [6, 6.07) is 8.66. The van der Waals surface area contributed by atoms with Crippen molar-refractivity contribution in [1.82, 2.24) is 5.32 Å². The van der Waals surface area contributed by atoms with Gasteiger partial charge >= 0.3 is 0 Å². The van der Waals surface area contributed by atoms with Gasteiger partial charge in [-0.3, -0.25) is 4.79 Å². The summed E-state index contributed by atoms with van der Waals surface area (Å²) in [6.07, 6.45) is 0.773. The standard InChI is InChI=1S/C16H25NO/c1-11(2)16(18)15(17-12(3)4)10-14-8-6-13(5)7-9-14/h6-9,11-12,15,17H,10H2,1-5H3/t15-/m1/s1. The molecule has 0 saturated carbocycles. The summed E-state index contributed by atoms with van der Waals surface area (Å²) >= 11 is 0. The van der Waals surface area contributed by atoms with Gasteiger partial charge in [-0.1, -0.05) is 57.5 Å². The topological polar surface area (TPSA) is 29.1 Å². The van der Waals surface area contributed by atoms with Crippen molar-refractivity contribution in [2.75, 3.05) is 0 Å². The van der Waals surface area contributed by atoms with Gasteiger partial charge in [0.05, 0.1) is 6.04 Å². The molecule has 0 spiro atoms. The quantitative estimate of drug-likeness (QED) is 0.836. The molecule has 0 unspecified atom stereocenters. The van der Waals surface area contributed by atoms with E-state index in [-0.39, 0.29) is 12.0 Å². The van der Waals surface area contributed by atoms with Crippen LogP contribution in [0.15, 0.2) is 24.3 Å². The Morgan fingerprint density at radius 2 is 1.67 bits per heavy atom. The number of nitrogens with one attached hydrogen (secondary N) is 1. The number of ketones is 1. The van der Waals surface area contributed by atoms with Crippen LogP contribution in [0.1, 0.15) is 38.8 Å². The number of carbonyl (C=O) groups is 1. The van der Waals surface area contributed by atoms with Crippen LogP contribution in [-0.2, 0) is 11.2 Å². The van der Waals surface area contributed by atoms with Crippen LogP contribution in [0.3, 0.4) is 0 Å². The summed E-state index contributed by atoms with van der Waals surface area (Å²) in [5.74, 6) is 0.371. The van der Waals surface area contributed by atoms with Crippen molar-refractivity contribution < 1.29 is 4.79 Å². The summed E-state index contributed by atoms with van der Waals surface area (Å²) < 4.78 is 0. The first kappa shape index (κ1) is 14.9. The Kier molecular flexibility index (Phi) is 5.54. The zero-order valence-corrected chi connectivity index (χ0v) is 12.2. The second kappa shape index (κ2) is 6.69. The van der Waals surface area contributed by atoms with E-state index in [1.165, 1.54) is 11.1 Å². The smallest absolute Gasteiger partial charge is 0.152 e. The lowest BCUT2D eigenvalue weighted by Crippen LogP contribution is -2.44. The number of hydrogen-bond acceptors (Lipinski definition) is 2. The molecule has 0 aromatic heterocycles. The highest BCUT2D eigenvalue weighted by Crippen LogP contribution is 2.10. The average Bonchev–Trinajstić information content (AvgIpc) is 2.29. The minimum absolute atomic E-state index is 0.0756. The number of carbonyl (C=O) groups excluding carboxylic acids is 1. The molecule has 1 aromatic rings. The van der Waals surface area contributed by atoms with Crippen molar-refractivity contribution in [2.24, 2.45) is 5.92 Å². The van der Waals surface area contributed by atoms with E-state index in [1.54, 1.807) is 0 Å². The third kappa shape index (κ3) is 4.61. The first-order chi connectivity index (χ1) is 8.40. The normalized spacial score (nSPS) is 13.1. The molecule has 0 radical (unpaired) electrons. The second-order valence-corrected chi connectivity index (χ2v) is 5.62. The molecule has 1 N–H and O–H groups in total. The third-order valence-corrected chi connectivity index (χ3v) is 3.01. The predicted octanol–water partition coefficient (Wildman–Crippen LogP) is 3.13. The highest BCUT2D eigenvalue weighted by Gasteiger charge is 2.21. The van der Waals surface area contributed by atoms with Gasteiger partial charge in [-0.05, 0) is 18.9 Å². The molecule has 0 heterocycles. The maximum atomic E-state index is 12.2. The molecule has 0 aliphatic rings. The van der Waals surface area contributed by atoms with Gasteiger partial charge in [0, 0.05) is 12.0 Å². The molecule has 2 nitrogen and oxygen atoms in total. The van der Waals surface area contributed by atoms with Crippen molar-refractivity contribution >= 4 is 5.78 Å². The Bertz CT molecular complexity index is 379. The highest BCUT2D eigenvalue weighted by molar-refractivity contribution is 5.86. The largest absolute Gasteiger partial charge is 0.305 e. The molecule has 1 rings (SSSR count). The number of aryl methyl sites for hydroxylation is 1. The molecule has 100 valence electrons. The molecule has 0 aliphatic heterocycles. The molecule has 0 saturated heterocycles. The Labute approximate surface area is 111 Å². The van der Waals surface area contributed by atoms with Crippen LogP contribution in [-0.4, -0.2) is 17.9 Å². The lowest BCUT2D eigenvalue weighted by Gasteiger charge is -2.22. The van der Waals surface area contributed by atoms with Gasteiger partial charge in [-0.25, -0.2) is 0 Å². The molecule has 0 bridgehead atoms. The Morgan fingerprint density at radius 3 is 2.11 bits per heavy atom. The van der Waals surface area contributed by atoms with Crippen LogP contribution in [0.25, 0.3) is 0 Å². The second-order valence-electron chi connectivity index (χ2n) is 5.62. The van der Waals surface area contributed by atoms with Crippen LogP contribution >= 0.6 is 0 Å². The van der Waals surface area contributed by atoms with Gasteiger partial charge in [0.1, 0.15) is 0 Å². The van der Waals surface area contributed by atoms with Gasteiger partial charge < -0.3 is 5.32 Å². The van der Waals surface area contributed by atoms with Gasteiger partial charge in [0.2, 0.25) is 0 Å². The van der Waals surface area contributed by atoms with Crippen LogP contribution in [0.4, 0.5) is 0 Å². The van der Waals surface area contributed by atoms with E-state index in [2.05, 4.69) is 50.4 Å². The van der Waals surface area contributed by atoms with Crippen molar-refractivity contribution in [3.05, 3.63) is 35.4 Å².